The lowest BCUT2D eigenvalue weighted by molar-refractivity contribution is 0.409. The van der Waals surface area contributed by atoms with Crippen molar-refractivity contribution < 1.29 is 9.47 Å². The summed E-state index contributed by atoms with van der Waals surface area (Å²) >= 11 is 0. The number of aryl methyl sites for hydroxylation is 2. The van der Waals surface area contributed by atoms with Crippen LogP contribution < -0.4 is 9.47 Å². The lowest BCUT2D eigenvalue weighted by Crippen LogP contribution is -1.99. The number of nitrogens with zero attached hydrogens (tertiary/aromatic N) is 2. The van der Waals surface area contributed by atoms with E-state index < -0.39 is 0 Å². The number of ether oxygens (including phenoxy) is 2. The zero-order chi connectivity index (χ0) is 14.4. The van der Waals surface area contributed by atoms with Gasteiger partial charge >= 0.3 is 0 Å². The van der Waals surface area contributed by atoms with Gasteiger partial charge in [0.25, 0.3) is 0 Å². The summed E-state index contributed by atoms with van der Waals surface area (Å²) in [5.74, 6) is 1.38. The van der Waals surface area contributed by atoms with E-state index in [4.69, 9.17) is 14.7 Å². The number of rotatable bonds is 5. The Kier molecular flexibility index (Phi) is 4.56. The molecule has 0 saturated carbocycles. The Morgan fingerprint density at radius 1 is 1.10 bits per heavy atom. The highest BCUT2D eigenvalue weighted by Gasteiger charge is 2.07. The Hall–Kier alpha value is -2.54. The van der Waals surface area contributed by atoms with E-state index in [0.717, 1.165) is 29.8 Å². The monoisotopic (exact) mass is 268 g/mol. The second-order valence-corrected chi connectivity index (χ2v) is 4.30. The van der Waals surface area contributed by atoms with Gasteiger partial charge in [-0.25, -0.2) is 0 Å². The number of para-hydroxylation sites is 1. The number of methoxy groups -OCH3 is 2. The van der Waals surface area contributed by atoms with E-state index in [1.54, 1.807) is 19.4 Å². The maximum absolute atomic E-state index is 9.06. The summed E-state index contributed by atoms with van der Waals surface area (Å²) in [4.78, 5) is 4.31. The molecule has 0 aliphatic rings. The molecule has 0 saturated heterocycles. The summed E-state index contributed by atoms with van der Waals surface area (Å²) in [6, 6.07) is 11.8. The van der Waals surface area contributed by atoms with Gasteiger partial charge in [0, 0.05) is 5.69 Å². The number of hydrogen-bond acceptors (Lipinski definition) is 4. The third-order valence-electron chi connectivity index (χ3n) is 3.11. The van der Waals surface area contributed by atoms with Crippen molar-refractivity contribution in [1.29, 1.82) is 5.26 Å². The second-order valence-electron chi connectivity index (χ2n) is 4.30. The average molecular weight is 268 g/mol. The highest BCUT2D eigenvalue weighted by molar-refractivity contribution is 5.42. The Morgan fingerprint density at radius 2 is 1.85 bits per heavy atom. The SMILES string of the molecule is COc1cnc(CCc2ccccc2OC)cc1C#N. The molecule has 4 heteroatoms. The molecule has 0 unspecified atom stereocenters. The largest absolute Gasteiger partial charge is 0.496 e. The van der Waals surface area contributed by atoms with Crippen LogP contribution in [-0.4, -0.2) is 19.2 Å². The molecule has 102 valence electrons. The molecule has 0 atom stereocenters. The Morgan fingerprint density at radius 3 is 2.55 bits per heavy atom. The van der Waals surface area contributed by atoms with Gasteiger partial charge in [-0.15, -0.1) is 0 Å². The molecule has 0 aliphatic heterocycles. The van der Waals surface area contributed by atoms with Gasteiger partial charge in [-0.05, 0) is 30.5 Å². The lowest BCUT2D eigenvalue weighted by Gasteiger charge is -2.08. The molecule has 1 aromatic heterocycles. The fourth-order valence-corrected chi connectivity index (χ4v) is 2.05. The first-order valence-electron chi connectivity index (χ1n) is 6.33. The van der Waals surface area contributed by atoms with Gasteiger partial charge in [-0.2, -0.15) is 5.26 Å². The molecule has 0 radical (unpaired) electrons. The summed E-state index contributed by atoms with van der Waals surface area (Å²) in [5, 5.41) is 9.06. The van der Waals surface area contributed by atoms with E-state index in [9.17, 15) is 0 Å². The smallest absolute Gasteiger partial charge is 0.154 e. The molecule has 4 nitrogen and oxygen atoms in total. The van der Waals surface area contributed by atoms with Crippen molar-refractivity contribution >= 4 is 0 Å². The minimum absolute atomic E-state index is 0.508. The first-order valence-corrected chi connectivity index (χ1v) is 6.33. The zero-order valence-electron chi connectivity index (χ0n) is 11.6. The van der Waals surface area contributed by atoms with E-state index in [2.05, 4.69) is 11.1 Å². The average Bonchev–Trinajstić information content (AvgIpc) is 2.52. The number of nitriles is 1. The van der Waals surface area contributed by atoms with Crippen molar-refractivity contribution in [3.8, 4) is 17.6 Å². The molecule has 1 aromatic carbocycles. The van der Waals surface area contributed by atoms with Gasteiger partial charge in [-0.1, -0.05) is 18.2 Å². The van der Waals surface area contributed by atoms with Crippen LogP contribution in [0.3, 0.4) is 0 Å². The predicted molar refractivity (Wildman–Crippen MR) is 75.9 cm³/mol. The van der Waals surface area contributed by atoms with Gasteiger partial charge in [-0.3, -0.25) is 4.98 Å². The molecule has 0 amide bonds. The van der Waals surface area contributed by atoms with Gasteiger partial charge < -0.3 is 9.47 Å². The highest BCUT2D eigenvalue weighted by Crippen LogP contribution is 2.21. The first-order chi connectivity index (χ1) is 9.78. The van der Waals surface area contributed by atoms with Crippen LogP contribution in [0.25, 0.3) is 0 Å². The fourth-order valence-electron chi connectivity index (χ4n) is 2.05. The molecule has 0 spiro atoms. The topological polar surface area (TPSA) is 55.1 Å². The van der Waals surface area contributed by atoms with E-state index >= 15 is 0 Å². The zero-order valence-corrected chi connectivity index (χ0v) is 11.6. The summed E-state index contributed by atoms with van der Waals surface area (Å²) < 4.78 is 10.4. The van der Waals surface area contributed by atoms with Crippen LogP contribution in [-0.2, 0) is 12.8 Å². The summed E-state index contributed by atoms with van der Waals surface area (Å²) in [7, 11) is 3.20. The van der Waals surface area contributed by atoms with Gasteiger partial charge in [0.15, 0.2) is 5.75 Å². The normalized spacial score (nSPS) is 9.85. The summed E-state index contributed by atoms with van der Waals surface area (Å²) in [6.07, 6.45) is 3.16. The second kappa shape index (κ2) is 6.58. The minimum atomic E-state index is 0.508. The summed E-state index contributed by atoms with van der Waals surface area (Å²) in [6.45, 7) is 0. The molecule has 0 bridgehead atoms. The van der Waals surface area contributed by atoms with Crippen LogP contribution in [0, 0.1) is 11.3 Å². The van der Waals surface area contributed by atoms with Gasteiger partial charge in [0.1, 0.15) is 11.8 Å². The number of hydrogen-bond donors (Lipinski definition) is 0. The number of pyridine rings is 1. The predicted octanol–water partition coefficient (Wildman–Crippen LogP) is 2.76. The van der Waals surface area contributed by atoms with Crippen LogP contribution in [0.2, 0.25) is 0 Å². The van der Waals surface area contributed by atoms with Crippen LogP contribution in [0.5, 0.6) is 11.5 Å². The maximum atomic E-state index is 9.06. The molecule has 1 heterocycles. The van der Waals surface area contributed by atoms with Crippen LogP contribution >= 0.6 is 0 Å². The third-order valence-corrected chi connectivity index (χ3v) is 3.11. The van der Waals surface area contributed by atoms with Crippen molar-refractivity contribution in [3.63, 3.8) is 0 Å². The molecule has 2 rings (SSSR count). The quantitative estimate of drug-likeness (QED) is 0.836. The van der Waals surface area contributed by atoms with Crippen LogP contribution in [0.15, 0.2) is 36.5 Å². The van der Waals surface area contributed by atoms with E-state index in [-0.39, 0.29) is 0 Å². The van der Waals surface area contributed by atoms with Gasteiger partial charge in [0.05, 0.1) is 26.0 Å². The van der Waals surface area contributed by atoms with E-state index in [1.807, 2.05) is 24.3 Å². The standard InChI is InChI=1S/C16H16N2O2/c1-19-15-6-4-3-5-12(15)7-8-14-9-13(10-17)16(20-2)11-18-14/h3-6,9,11H,7-8H2,1-2H3. The van der Waals surface area contributed by atoms with Crippen molar-refractivity contribution in [2.24, 2.45) is 0 Å². The highest BCUT2D eigenvalue weighted by atomic mass is 16.5. The number of aromatic nitrogens is 1. The Bertz CT molecular complexity index is 633. The molecule has 0 fully saturated rings. The third kappa shape index (κ3) is 3.07. The lowest BCUT2D eigenvalue weighted by atomic mass is 10.1. The number of benzene rings is 1. The molecule has 0 aliphatic carbocycles. The minimum Gasteiger partial charge on any atom is -0.496 e. The molecule has 0 N–H and O–H groups in total. The Labute approximate surface area is 118 Å². The van der Waals surface area contributed by atoms with Crippen molar-refractivity contribution in [2.75, 3.05) is 14.2 Å². The van der Waals surface area contributed by atoms with Crippen molar-refractivity contribution in [2.45, 2.75) is 12.8 Å². The van der Waals surface area contributed by atoms with Crippen LogP contribution in [0.1, 0.15) is 16.8 Å². The molecule has 2 aromatic rings. The van der Waals surface area contributed by atoms with Crippen molar-refractivity contribution in [3.05, 3.63) is 53.3 Å². The Balaban J connectivity index is 2.13. The van der Waals surface area contributed by atoms with E-state index in [0.29, 0.717) is 11.3 Å². The first kappa shape index (κ1) is 13.9. The van der Waals surface area contributed by atoms with Crippen molar-refractivity contribution in [1.82, 2.24) is 4.98 Å². The molecular weight excluding hydrogens is 252 g/mol. The van der Waals surface area contributed by atoms with Crippen LogP contribution in [0.4, 0.5) is 0 Å². The van der Waals surface area contributed by atoms with E-state index in [1.165, 1.54) is 7.11 Å². The summed E-state index contributed by atoms with van der Waals surface area (Å²) in [5.41, 5.74) is 2.51. The maximum Gasteiger partial charge on any atom is 0.154 e. The fraction of sp³-hybridized carbons (Fsp3) is 0.250. The van der Waals surface area contributed by atoms with Gasteiger partial charge in [0.2, 0.25) is 0 Å². The molecule has 20 heavy (non-hydrogen) atoms. The molecular formula is C16H16N2O2.